The van der Waals surface area contributed by atoms with E-state index in [9.17, 15) is 13.5 Å². The minimum absolute atomic E-state index is 0.200. The molecular weight excluding hydrogens is 254 g/mol. The van der Waals surface area contributed by atoms with Gasteiger partial charge in [0.15, 0.2) is 0 Å². The third-order valence-corrected chi connectivity index (χ3v) is 5.86. The lowest BCUT2D eigenvalue weighted by atomic mass is 10.1. The number of hydrogen-bond acceptors (Lipinski definition) is 4. The fourth-order valence-electron chi connectivity index (χ4n) is 2.77. The summed E-state index contributed by atoms with van der Waals surface area (Å²) in [7, 11) is -0.123. The number of aliphatic hydroxyl groups excluding tert-OH is 1. The van der Waals surface area contributed by atoms with E-state index < -0.39 is 10.2 Å². The Bertz CT molecular complexity index is 377. The summed E-state index contributed by atoms with van der Waals surface area (Å²) >= 11 is 0. The average molecular weight is 277 g/mol. The van der Waals surface area contributed by atoms with E-state index >= 15 is 0 Å². The van der Waals surface area contributed by atoms with Crippen molar-refractivity contribution >= 4 is 10.2 Å². The van der Waals surface area contributed by atoms with Gasteiger partial charge in [0.2, 0.25) is 0 Å². The molecule has 18 heavy (non-hydrogen) atoms. The first-order chi connectivity index (χ1) is 8.41. The van der Waals surface area contributed by atoms with Crippen molar-refractivity contribution in [2.75, 3.05) is 40.3 Å². The van der Waals surface area contributed by atoms with Crippen LogP contribution in [0.4, 0.5) is 0 Å². The molecule has 0 aliphatic carbocycles. The summed E-state index contributed by atoms with van der Waals surface area (Å²) in [6, 6.07) is 0.427. The third-order valence-electron chi connectivity index (χ3n) is 3.92. The lowest BCUT2D eigenvalue weighted by molar-refractivity contribution is 0.131. The number of β-amino-alcohol motifs (C(OH)–C–C–N with tert-alkyl or cyclic N) is 1. The molecule has 2 heterocycles. The summed E-state index contributed by atoms with van der Waals surface area (Å²) in [6.07, 6.45) is 2.36. The van der Waals surface area contributed by atoms with Gasteiger partial charge in [0.25, 0.3) is 10.2 Å². The molecule has 0 amide bonds. The maximum atomic E-state index is 12.0. The summed E-state index contributed by atoms with van der Waals surface area (Å²) in [4.78, 5) is 2.30. The van der Waals surface area contributed by atoms with Crippen LogP contribution in [0.3, 0.4) is 0 Å². The fraction of sp³-hybridized carbons (Fsp3) is 1.00. The Balaban J connectivity index is 1.89. The molecule has 106 valence electrons. The second-order valence-corrected chi connectivity index (χ2v) is 7.50. The molecule has 0 aromatic heterocycles. The maximum absolute atomic E-state index is 12.0. The van der Waals surface area contributed by atoms with Crippen LogP contribution in [-0.4, -0.2) is 79.5 Å². The monoisotopic (exact) mass is 277 g/mol. The first kappa shape index (κ1) is 14.2. The maximum Gasteiger partial charge on any atom is 0.281 e. The molecule has 0 saturated carbocycles. The normalized spacial score (nSPS) is 29.2. The first-order valence-electron chi connectivity index (χ1n) is 6.51. The second kappa shape index (κ2) is 5.42. The number of hydrogen-bond donors (Lipinski definition) is 1. The predicted molar refractivity (Wildman–Crippen MR) is 69.4 cm³/mol. The molecule has 7 heteroatoms. The number of rotatable bonds is 3. The SMILES string of the molecule is CN(C)S(=O)(=O)N1CCC(N2CCC(O)C2)CC1. The summed E-state index contributed by atoms with van der Waals surface area (Å²) in [5.41, 5.74) is 0. The highest BCUT2D eigenvalue weighted by molar-refractivity contribution is 7.86. The van der Waals surface area contributed by atoms with Crippen molar-refractivity contribution < 1.29 is 13.5 Å². The highest BCUT2D eigenvalue weighted by Crippen LogP contribution is 2.23. The van der Waals surface area contributed by atoms with Gasteiger partial charge in [-0.3, -0.25) is 4.90 Å². The van der Waals surface area contributed by atoms with Crippen molar-refractivity contribution in [2.24, 2.45) is 0 Å². The van der Waals surface area contributed by atoms with Gasteiger partial charge < -0.3 is 5.11 Å². The molecule has 1 atom stereocenters. The topological polar surface area (TPSA) is 64.1 Å². The van der Waals surface area contributed by atoms with Gasteiger partial charge in [0.05, 0.1) is 6.10 Å². The first-order valence-corrected chi connectivity index (χ1v) is 7.90. The number of likely N-dealkylation sites (tertiary alicyclic amines) is 1. The standard InChI is InChI=1S/C11H23N3O3S/c1-12(2)18(16,17)14-7-3-10(4-8-14)13-6-5-11(15)9-13/h10-11,15H,3-9H2,1-2H3. The number of nitrogens with zero attached hydrogens (tertiary/aromatic N) is 3. The average Bonchev–Trinajstić information content (AvgIpc) is 2.76. The van der Waals surface area contributed by atoms with Crippen molar-refractivity contribution in [3.05, 3.63) is 0 Å². The predicted octanol–water partition coefficient (Wildman–Crippen LogP) is -0.676. The van der Waals surface area contributed by atoms with Crippen LogP contribution < -0.4 is 0 Å². The minimum atomic E-state index is -3.26. The van der Waals surface area contributed by atoms with Crippen molar-refractivity contribution in [2.45, 2.75) is 31.4 Å². The lowest BCUT2D eigenvalue weighted by Crippen LogP contribution is -2.49. The fourth-order valence-corrected chi connectivity index (χ4v) is 3.90. The van der Waals surface area contributed by atoms with Gasteiger partial charge >= 0.3 is 0 Å². The van der Waals surface area contributed by atoms with E-state index in [-0.39, 0.29) is 6.10 Å². The smallest absolute Gasteiger partial charge is 0.281 e. The van der Waals surface area contributed by atoms with Gasteiger partial charge in [-0.1, -0.05) is 0 Å². The number of aliphatic hydroxyl groups is 1. The molecule has 1 N–H and O–H groups in total. The molecule has 6 nitrogen and oxygen atoms in total. The van der Waals surface area contributed by atoms with Crippen molar-refractivity contribution in [3.8, 4) is 0 Å². The summed E-state index contributed by atoms with van der Waals surface area (Å²) < 4.78 is 26.7. The molecule has 0 bridgehead atoms. The van der Waals surface area contributed by atoms with Gasteiger partial charge in [-0.05, 0) is 19.3 Å². The van der Waals surface area contributed by atoms with Crippen LogP contribution in [-0.2, 0) is 10.2 Å². The molecule has 2 aliphatic rings. The highest BCUT2D eigenvalue weighted by Gasteiger charge is 2.33. The minimum Gasteiger partial charge on any atom is -0.392 e. The quantitative estimate of drug-likeness (QED) is 0.743. The van der Waals surface area contributed by atoms with Crippen molar-refractivity contribution in [3.63, 3.8) is 0 Å². The van der Waals surface area contributed by atoms with E-state index in [0.717, 1.165) is 32.4 Å². The summed E-state index contributed by atoms with van der Waals surface area (Å²) in [6.45, 7) is 2.84. The zero-order chi connectivity index (χ0) is 13.3. The van der Waals surface area contributed by atoms with Crippen LogP contribution in [0.25, 0.3) is 0 Å². The molecule has 2 fully saturated rings. The van der Waals surface area contributed by atoms with Gasteiger partial charge in [-0.25, -0.2) is 0 Å². The Hall–Kier alpha value is -0.210. The Morgan fingerprint density at radius 3 is 2.17 bits per heavy atom. The van der Waals surface area contributed by atoms with Crippen LogP contribution in [0.2, 0.25) is 0 Å². The van der Waals surface area contributed by atoms with E-state index in [2.05, 4.69) is 4.90 Å². The lowest BCUT2D eigenvalue weighted by Gasteiger charge is -2.36. The summed E-state index contributed by atoms with van der Waals surface area (Å²) in [5, 5.41) is 9.53. The van der Waals surface area contributed by atoms with Crippen LogP contribution in [0.15, 0.2) is 0 Å². The van der Waals surface area contributed by atoms with Gasteiger partial charge in [0, 0.05) is 46.3 Å². The van der Waals surface area contributed by atoms with Crippen molar-refractivity contribution in [1.29, 1.82) is 0 Å². The van der Waals surface area contributed by atoms with Gasteiger partial charge in [-0.2, -0.15) is 17.0 Å². The van der Waals surface area contributed by atoms with Crippen LogP contribution in [0, 0.1) is 0 Å². The molecular formula is C11H23N3O3S. The molecule has 0 aromatic rings. The van der Waals surface area contributed by atoms with Crippen molar-refractivity contribution in [1.82, 2.24) is 13.5 Å². The largest absolute Gasteiger partial charge is 0.392 e. The zero-order valence-electron chi connectivity index (χ0n) is 11.1. The Morgan fingerprint density at radius 1 is 1.11 bits per heavy atom. The van der Waals surface area contributed by atoms with Crippen LogP contribution in [0.1, 0.15) is 19.3 Å². The zero-order valence-corrected chi connectivity index (χ0v) is 11.9. The summed E-state index contributed by atoms with van der Waals surface area (Å²) in [5.74, 6) is 0. The van der Waals surface area contributed by atoms with E-state index in [4.69, 9.17) is 0 Å². The Morgan fingerprint density at radius 2 is 1.72 bits per heavy atom. The van der Waals surface area contributed by atoms with Gasteiger partial charge in [-0.15, -0.1) is 0 Å². The van der Waals surface area contributed by atoms with Gasteiger partial charge in [0.1, 0.15) is 0 Å². The van der Waals surface area contributed by atoms with E-state index in [1.165, 1.54) is 4.31 Å². The van der Waals surface area contributed by atoms with Crippen LogP contribution >= 0.6 is 0 Å². The third kappa shape index (κ3) is 2.85. The number of piperidine rings is 1. The van der Waals surface area contributed by atoms with E-state index in [0.29, 0.717) is 19.1 Å². The molecule has 0 aromatic carbocycles. The van der Waals surface area contributed by atoms with E-state index in [1.54, 1.807) is 18.4 Å². The Labute approximate surface area is 109 Å². The highest BCUT2D eigenvalue weighted by atomic mass is 32.2. The molecule has 1 unspecified atom stereocenters. The molecule has 2 saturated heterocycles. The van der Waals surface area contributed by atoms with E-state index in [1.807, 2.05) is 0 Å². The molecule has 0 spiro atoms. The second-order valence-electron chi connectivity index (χ2n) is 5.36. The molecule has 0 radical (unpaired) electrons. The Kier molecular flexibility index (Phi) is 4.28. The van der Waals surface area contributed by atoms with Crippen LogP contribution in [0.5, 0.6) is 0 Å². The molecule has 2 aliphatic heterocycles. The molecule has 2 rings (SSSR count).